The van der Waals surface area contributed by atoms with Gasteiger partial charge < -0.3 is 25.4 Å². The van der Waals surface area contributed by atoms with Crippen LogP contribution in [-0.4, -0.2) is 37.7 Å². The second-order valence-electron chi connectivity index (χ2n) is 6.74. The highest BCUT2D eigenvalue weighted by Gasteiger charge is 2.24. The van der Waals surface area contributed by atoms with Crippen molar-refractivity contribution in [1.29, 1.82) is 0 Å². The quantitative estimate of drug-likeness (QED) is 0.436. The molecule has 28 heavy (non-hydrogen) atoms. The van der Waals surface area contributed by atoms with E-state index < -0.39 is 0 Å². The van der Waals surface area contributed by atoms with E-state index in [0.29, 0.717) is 25.5 Å². The average Bonchev–Trinajstić information content (AvgIpc) is 2.67. The van der Waals surface area contributed by atoms with Crippen LogP contribution in [0.2, 0.25) is 0 Å². The van der Waals surface area contributed by atoms with Crippen LogP contribution in [0.3, 0.4) is 0 Å². The molecule has 1 amide bonds. The topological polar surface area (TPSA) is 89.2 Å². The first-order valence-corrected chi connectivity index (χ1v) is 9.39. The van der Waals surface area contributed by atoms with E-state index in [2.05, 4.69) is 10.3 Å². The molecule has 3 rings (SSSR count). The number of anilines is 2. The third-order valence-corrected chi connectivity index (χ3v) is 4.13. The molecular weight excluding hydrogens is 356 g/mol. The van der Waals surface area contributed by atoms with Crippen LogP contribution in [0.5, 0.6) is 11.5 Å². The number of hydrogen-bond donors (Lipinski definition) is 2. The van der Waals surface area contributed by atoms with Crippen LogP contribution in [0.25, 0.3) is 0 Å². The van der Waals surface area contributed by atoms with Crippen molar-refractivity contribution in [2.24, 2.45) is 10.7 Å². The predicted molar refractivity (Wildman–Crippen MR) is 111 cm³/mol. The Morgan fingerprint density at radius 2 is 2.00 bits per heavy atom. The van der Waals surface area contributed by atoms with Gasteiger partial charge in [0.25, 0.3) is 5.91 Å². The molecule has 7 heteroatoms. The van der Waals surface area contributed by atoms with E-state index in [-0.39, 0.29) is 18.6 Å². The van der Waals surface area contributed by atoms with Crippen molar-refractivity contribution in [2.75, 3.05) is 29.9 Å². The minimum absolute atomic E-state index is 0.0440. The molecule has 0 bridgehead atoms. The van der Waals surface area contributed by atoms with Crippen LogP contribution in [0, 0.1) is 0 Å². The SMILES string of the molecule is CC(C)Oc1ccc(NC(N)=NCCCN2C(=O)COc3ccccc32)cc1. The summed E-state index contributed by atoms with van der Waals surface area (Å²) in [5.74, 6) is 1.84. The maximum atomic E-state index is 12.1. The summed E-state index contributed by atoms with van der Waals surface area (Å²) in [6, 6.07) is 15.1. The number of fused-ring (bicyclic) bond motifs is 1. The Kier molecular flexibility index (Phi) is 6.37. The number of guanidine groups is 1. The number of ether oxygens (including phenoxy) is 2. The number of nitrogens with one attached hydrogen (secondary N) is 1. The van der Waals surface area contributed by atoms with Crippen molar-refractivity contribution < 1.29 is 14.3 Å². The van der Waals surface area contributed by atoms with Crippen LogP contribution in [0.1, 0.15) is 20.3 Å². The number of nitrogens with two attached hydrogens (primary N) is 1. The van der Waals surface area contributed by atoms with Crippen LogP contribution < -0.4 is 25.4 Å². The van der Waals surface area contributed by atoms with Crippen molar-refractivity contribution in [3.05, 3.63) is 48.5 Å². The summed E-state index contributed by atoms with van der Waals surface area (Å²) in [7, 11) is 0. The molecule has 0 unspecified atom stereocenters. The molecular formula is C21H26N4O3. The Morgan fingerprint density at radius 3 is 2.75 bits per heavy atom. The Morgan fingerprint density at radius 1 is 1.25 bits per heavy atom. The van der Waals surface area contributed by atoms with Gasteiger partial charge in [0, 0.05) is 18.8 Å². The molecule has 0 atom stereocenters. The van der Waals surface area contributed by atoms with Gasteiger partial charge in [-0.3, -0.25) is 9.79 Å². The molecule has 0 fully saturated rings. The van der Waals surface area contributed by atoms with Gasteiger partial charge in [-0.2, -0.15) is 0 Å². The van der Waals surface area contributed by atoms with Gasteiger partial charge in [-0.15, -0.1) is 0 Å². The highest BCUT2D eigenvalue weighted by molar-refractivity contribution is 5.97. The molecule has 0 aliphatic carbocycles. The molecule has 1 heterocycles. The Labute approximate surface area is 165 Å². The second kappa shape index (κ2) is 9.12. The van der Waals surface area contributed by atoms with E-state index in [9.17, 15) is 4.79 Å². The van der Waals surface area contributed by atoms with Gasteiger partial charge in [0.15, 0.2) is 12.6 Å². The van der Waals surface area contributed by atoms with Crippen molar-refractivity contribution in [3.63, 3.8) is 0 Å². The van der Waals surface area contributed by atoms with E-state index in [1.807, 2.05) is 62.4 Å². The highest BCUT2D eigenvalue weighted by atomic mass is 16.5. The molecule has 7 nitrogen and oxygen atoms in total. The van der Waals surface area contributed by atoms with Gasteiger partial charge >= 0.3 is 0 Å². The first kappa shape index (κ1) is 19.5. The fourth-order valence-corrected chi connectivity index (χ4v) is 2.90. The van der Waals surface area contributed by atoms with E-state index in [4.69, 9.17) is 15.2 Å². The lowest BCUT2D eigenvalue weighted by Crippen LogP contribution is -2.39. The van der Waals surface area contributed by atoms with Crippen molar-refractivity contribution in [2.45, 2.75) is 26.4 Å². The normalized spacial score (nSPS) is 13.9. The summed E-state index contributed by atoms with van der Waals surface area (Å²) >= 11 is 0. The summed E-state index contributed by atoms with van der Waals surface area (Å²) in [6.07, 6.45) is 0.833. The van der Waals surface area contributed by atoms with E-state index in [1.54, 1.807) is 4.90 Å². The second-order valence-corrected chi connectivity index (χ2v) is 6.74. The lowest BCUT2D eigenvalue weighted by Gasteiger charge is -2.29. The zero-order chi connectivity index (χ0) is 19.9. The number of benzene rings is 2. The monoisotopic (exact) mass is 382 g/mol. The average molecular weight is 382 g/mol. The number of nitrogens with zero attached hydrogens (tertiary/aromatic N) is 2. The summed E-state index contributed by atoms with van der Waals surface area (Å²) in [5.41, 5.74) is 7.60. The van der Waals surface area contributed by atoms with Gasteiger partial charge in [0.05, 0.1) is 11.8 Å². The molecule has 0 saturated carbocycles. The molecule has 1 aliphatic rings. The minimum Gasteiger partial charge on any atom is -0.491 e. The molecule has 0 aromatic heterocycles. The first-order chi connectivity index (χ1) is 13.5. The van der Waals surface area contributed by atoms with Gasteiger partial charge in [0.2, 0.25) is 0 Å². The molecule has 0 spiro atoms. The van der Waals surface area contributed by atoms with E-state index in [0.717, 1.165) is 22.9 Å². The zero-order valence-electron chi connectivity index (χ0n) is 16.2. The molecule has 3 N–H and O–H groups in total. The van der Waals surface area contributed by atoms with Crippen LogP contribution >= 0.6 is 0 Å². The third kappa shape index (κ3) is 5.16. The maximum absolute atomic E-state index is 12.1. The lowest BCUT2D eigenvalue weighted by atomic mass is 10.2. The molecule has 2 aromatic carbocycles. The zero-order valence-corrected chi connectivity index (χ0v) is 16.2. The van der Waals surface area contributed by atoms with Gasteiger partial charge in [0.1, 0.15) is 11.5 Å². The van der Waals surface area contributed by atoms with Crippen molar-refractivity contribution in [3.8, 4) is 11.5 Å². The summed E-state index contributed by atoms with van der Waals surface area (Å²) in [5, 5.41) is 3.06. The minimum atomic E-state index is -0.0440. The lowest BCUT2D eigenvalue weighted by molar-refractivity contribution is -0.121. The molecule has 2 aromatic rings. The number of rotatable bonds is 7. The molecule has 0 saturated heterocycles. The van der Waals surface area contributed by atoms with Crippen LogP contribution in [0.4, 0.5) is 11.4 Å². The number of para-hydroxylation sites is 2. The first-order valence-electron chi connectivity index (χ1n) is 9.39. The maximum Gasteiger partial charge on any atom is 0.265 e. The number of amides is 1. The van der Waals surface area contributed by atoms with Crippen molar-refractivity contribution in [1.82, 2.24) is 0 Å². The fourth-order valence-electron chi connectivity index (χ4n) is 2.90. The molecule has 0 radical (unpaired) electrons. The third-order valence-electron chi connectivity index (χ3n) is 4.13. The number of carbonyl (C=O) groups excluding carboxylic acids is 1. The Balaban J connectivity index is 1.49. The number of aliphatic imine (C=N–C) groups is 1. The standard InChI is InChI=1S/C21H26N4O3/c1-15(2)28-17-10-8-16(9-11-17)24-21(22)23-12-5-13-25-18-6-3-4-7-19(18)27-14-20(25)26/h3-4,6-11,15H,5,12-14H2,1-2H3,(H3,22,23,24). The van der Waals surface area contributed by atoms with Gasteiger partial charge in [-0.25, -0.2) is 0 Å². The van der Waals surface area contributed by atoms with Crippen LogP contribution in [-0.2, 0) is 4.79 Å². The van der Waals surface area contributed by atoms with E-state index in [1.165, 1.54) is 0 Å². The molecule has 1 aliphatic heterocycles. The van der Waals surface area contributed by atoms with Crippen LogP contribution in [0.15, 0.2) is 53.5 Å². The fraction of sp³-hybridized carbons (Fsp3) is 0.333. The summed E-state index contributed by atoms with van der Waals surface area (Å²) < 4.78 is 11.1. The molecule has 148 valence electrons. The number of hydrogen-bond acceptors (Lipinski definition) is 4. The van der Waals surface area contributed by atoms with E-state index >= 15 is 0 Å². The van der Waals surface area contributed by atoms with Gasteiger partial charge in [-0.05, 0) is 56.7 Å². The summed E-state index contributed by atoms with van der Waals surface area (Å²) in [6.45, 7) is 5.12. The smallest absolute Gasteiger partial charge is 0.265 e. The Hall–Kier alpha value is -3.22. The van der Waals surface area contributed by atoms with Crippen molar-refractivity contribution >= 4 is 23.2 Å². The highest BCUT2D eigenvalue weighted by Crippen LogP contribution is 2.31. The summed E-state index contributed by atoms with van der Waals surface area (Å²) in [4.78, 5) is 18.2. The largest absolute Gasteiger partial charge is 0.491 e. The van der Waals surface area contributed by atoms with Gasteiger partial charge in [-0.1, -0.05) is 12.1 Å². The predicted octanol–water partition coefficient (Wildman–Crippen LogP) is 3.02. The number of carbonyl (C=O) groups is 1. The Bertz CT molecular complexity index is 834.